The summed E-state index contributed by atoms with van der Waals surface area (Å²) < 4.78 is 5.45. The number of hydrogen-bond acceptors (Lipinski definition) is 6. The Balaban J connectivity index is 1.58. The molecule has 0 spiro atoms. The molecule has 1 aromatic rings. The highest BCUT2D eigenvalue weighted by molar-refractivity contribution is 7.10. The molecule has 1 N–H and O–H groups in total. The summed E-state index contributed by atoms with van der Waals surface area (Å²) >= 11 is 1.86. The molecule has 2 saturated heterocycles. The molecule has 3 rings (SSSR count). The van der Waals surface area contributed by atoms with E-state index in [9.17, 15) is 5.11 Å². The maximum Gasteiger partial charge on any atom is 0.0849 e. The van der Waals surface area contributed by atoms with Crippen LogP contribution in [-0.4, -0.2) is 85.4 Å². The SMILES string of the molecule is CN(C)Cc1csc(CN2CCC(O)(CN3CCOCC3)C(C)(C)C2)c1. The van der Waals surface area contributed by atoms with Crippen molar-refractivity contribution in [2.45, 2.75) is 39.0 Å². The predicted molar refractivity (Wildman–Crippen MR) is 108 cm³/mol. The topological polar surface area (TPSA) is 39.2 Å². The van der Waals surface area contributed by atoms with E-state index in [2.05, 4.69) is 54.1 Å². The van der Waals surface area contributed by atoms with Crippen LogP contribution in [0.15, 0.2) is 11.4 Å². The first-order chi connectivity index (χ1) is 12.3. The van der Waals surface area contributed by atoms with Crippen molar-refractivity contribution in [3.05, 3.63) is 21.9 Å². The lowest BCUT2D eigenvalue weighted by Crippen LogP contribution is -2.62. The second-order valence-electron chi connectivity index (χ2n) is 8.92. The van der Waals surface area contributed by atoms with Gasteiger partial charge in [0.05, 0.1) is 18.8 Å². The van der Waals surface area contributed by atoms with Gasteiger partial charge in [-0.2, -0.15) is 0 Å². The Labute approximate surface area is 162 Å². The first-order valence-corrected chi connectivity index (χ1v) is 10.6. The van der Waals surface area contributed by atoms with E-state index in [4.69, 9.17) is 4.74 Å². The van der Waals surface area contributed by atoms with Gasteiger partial charge in [0.15, 0.2) is 0 Å². The molecule has 0 aliphatic carbocycles. The third kappa shape index (κ3) is 4.86. The summed E-state index contributed by atoms with van der Waals surface area (Å²) in [6, 6.07) is 2.34. The first kappa shape index (κ1) is 20.2. The molecule has 5 nitrogen and oxygen atoms in total. The van der Waals surface area contributed by atoms with E-state index in [1.54, 1.807) is 0 Å². The van der Waals surface area contributed by atoms with Gasteiger partial charge >= 0.3 is 0 Å². The summed E-state index contributed by atoms with van der Waals surface area (Å²) in [6.07, 6.45) is 0.841. The van der Waals surface area contributed by atoms with Gasteiger partial charge in [-0.15, -0.1) is 11.3 Å². The van der Waals surface area contributed by atoms with Crippen LogP contribution in [0.5, 0.6) is 0 Å². The molecule has 1 aromatic heterocycles. The van der Waals surface area contributed by atoms with Crippen LogP contribution in [0, 0.1) is 5.41 Å². The second kappa shape index (κ2) is 8.25. The van der Waals surface area contributed by atoms with Crippen molar-refractivity contribution < 1.29 is 9.84 Å². The minimum Gasteiger partial charge on any atom is -0.388 e. The molecule has 6 heteroatoms. The van der Waals surface area contributed by atoms with Gasteiger partial charge in [-0.1, -0.05) is 13.8 Å². The van der Waals surface area contributed by atoms with Crippen LogP contribution in [0.1, 0.15) is 30.7 Å². The van der Waals surface area contributed by atoms with E-state index in [1.807, 2.05) is 11.3 Å². The molecule has 3 heterocycles. The summed E-state index contributed by atoms with van der Waals surface area (Å²) in [5.74, 6) is 0. The number of piperidine rings is 1. The monoisotopic (exact) mass is 381 g/mol. The smallest absolute Gasteiger partial charge is 0.0849 e. The van der Waals surface area contributed by atoms with E-state index >= 15 is 0 Å². The Morgan fingerprint density at radius 1 is 1.19 bits per heavy atom. The van der Waals surface area contributed by atoms with Gasteiger partial charge in [0.25, 0.3) is 0 Å². The summed E-state index contributed by atoms with van der Waals surface area (Å²) in [6.45, 7) is 12.6. The van der Waals surface area contributed by atoms with E-state index in [0.29, 0.717) is 0 Å². The number of β-amino-alcohol motifs (C(OH)–C–C–N with tert-alkyl or cyclic N) is 1. The highest BCUT2D eigenvalue weighted by atomic mass is 32.1. The highest BCUT2D eigenvalue weighted by Gasteiger charge is 2.48. The zero-order valence-corrected chi connectivity index (χ0v) is 17.6. The summed E-state index contributed by atoms with van der Waals surface area (Å²) in [4.78, 5) is 8.52. The largest absolute Gasteiger partial charge is 0.388 e. The molecular formula is C20H35N3O2S. The van der Waals surface area contributed by atoms with Crippen LogP contribution < -0.4 is 0 Å². The van der Waals surface area contributed by atoms with Crippen LogP contribution in [0.3, 0.4) is 0 Å². The molecule has 0 saturated carbocycles. The van der Waals surface area contributed by atoms with Crippen molar-refractivity contribution in [1.82, 2.24) is 14.7 Å². The number of likely N-dealkylation sites (tertiary alicyclic amines) is 1. The first-order valence-electron chi connectivity index (χ1n) is 9.73. The third-order valence-electron chi connectivity index (χ3n) is 5.90. The Hall–Kier alpha value is -0.500. The molecule has 0 bridgehead atoms. The molecule has 26 heavy (non-hydrogen) atoms. The van der Waals surface area contributed by atoms with E-state index < -0.39 is 5.60 Å². The quantitative estimate of drug-likeness (QED) is 0.817. The van der Waals surface area contributed by atoms with Gasteiger partial charge < -0.3 is 14.7 Å². The molecule has 2 aliphatic rings. The Kier molecular flexibility index (Phi) is 6.42. The maximum absolute atomic E-state index is 11.4. The molecule has 1 unspecified atom stereocenters. The number of ether oxygens (including phenoxy) is 1. The lowest BCUT2D eigenvalue weighted by molar-refractivity contribution is -0.140. The number of aliphatic hydroxyl groups is 1. The minimum atomic E-state index is -0.619. The van der Waals surface area contributed by atoms with Gasteiger partial charge in [0.2, 0.25) is 0 Å². The minimum absolute atomic E-state index is 0.118. The number of thiophene rings is 1. The maximum atomic E-state index is 11.4. The summed E-state index contributed by atoms with van der Waals surface area (Å²) in [5.41, 5.74) is 0.662. The number of nitrogens with zero attached hydrogens (tertiary/aromatic N) is 3. The average molecular weight is 382 g/mol. The van der Waals surface area contributed by atoms with Crippen LogP contribution in [0.25, 0.3) is 0 Å². The average Bonchev–Trinajstić information content (AvgIpc) is 2.98. The van der Waals surface area contributed by atoms with Crippen molar-refractivity contribution in [3.8, 4) is 0 Å². The molecule has 2 fully saturated rings. The lowest BCUT2D eigenvalue weighted by atomic mass is 9.69. The fraction of sp³-hybridized carbons (Fsp3) is 0.800. The van der Waals surface area contributed by atoms with Crippen molar-refractivity contribution in [2.24, 2.45) is 5.41 Å². The van der Waals surface area contributed by atoms with Gasteiger partial charge in [0, 0.05) is 56.1 Å². The Morgan fingerprint density at radius 2 is 1.92 bits per heavy atom. The van der Waals surface area contributed by atoms with Crippen LogP contribution in [0.4, 0.5) is 0 Å². The lowest BCUT2D eigenvalue weighted by Gasteiger charge is -2.52. The molecule has 2 aliphatic heterocycles. The molecule has 0 amide bonds. The van der Waals surface area contributed by atoms with Gasteiger partial charge in [-0.3, -0.25) is 9.80 Å². The molecule has 0 radical (unpaired) electrons. The molecule has 148 valence electrons. The predicted octanol–water partition coefficient (Wildman–Crippen LogP) is 2.10. The van der Waals surface area contributed by atoms with Crippen molar-refractivity contribution >= 4 is 11.3 Å². The highest BCUT2D eigenvalue weighted by Crippen LogP contribution is 2.40. The van der Waals surface area contributed by atoms with Crippen molar-refractivity contribution in [1.29, 1.82) is 0 Å². The third-order valence-corrected chi connectivity index (χ3v) is 6.87. The summed E-state index contributed by atoms with van der Waals surface area (Å²) in [7, 11) is 4.22. The van der Waals surface area contributed by atoms with Crippen molar-refractivity contribution in [3.63, 3.8) is 0 Å². The normalized spacial score (nSPS) is 27.9. The summed E-state index contributed by atoms with van der Waals surface area (Å²) in [5, 5.41) is 13.7. The van der Waals surface area contributed by atoms with E-state index in [-0.39, 0.29) is 5.41 Å². The van der Waals surface area contributed by atoms with Crippen molar-refractivity contribution in [2.75, 3.05) is 60.0 Å². The zero-order valence-electron chi connectivity index (χ0n) is 16.8. The second-order valence-corrected chi connectivity index (χ2v) is 9.92. The van der Waals surface area contributed by atoms with Gasteiger partial charge in [-0.05, 0) is 37.5 Å². The molecular weight excluding hydrogens is 346 g/mol. The van der Waals surface area contributed by atoms with Gasteiger partial charge in [0.1, 0.15) is 0 Å². The number of hydrogen-bond donors (Lipinski definition) is 1. The Morgan fingerprint density at radius 3 is 2.58 bits per heavy atom. The Bertz CT molecular complexity index is 583. The van der Waals surface area contributed by atoms with Crippen LogP contribution >= 0.6 is 11.3 Å². The van der Waals surface area contributed by atoms with Gasteiger partial charge in [-0.25, -0.2) is 0 Å². The number of morpholine rings is 1. The number of rotatable bonds is 6. The van der Waals surface area contributed by atoms with E-state index in [0.717, 1.165) is 65.4 Å². The fourth-order valence-electron chi connectivity index (χ4n) is 4.20. The zero-order chi connectivity index (χ0) is 18.8. The van der Waals surface area contributed by atoms with Crippen LogP contribution in [0.2, 0.25) is 0 Å². The molecule has 0 aromatic carbocycles. The van der Waals surface area contributed by atoms with E-state index in [1.165, 1.54) is 10.4 Å². The molecule has 1 atom stereocenters. The standard InChI is InChI=1S/C20H35N3O2S/c1-19(2)15-23(13-18-11-17(14-26-18)12-21(3)4)6-5-20(19,24)16-22-7-9-25-10-8-22/h11,14,24H,5-10,12-13,15-16H2,1-4H3. The van der Waals surface area contributed by atoms with Crippen LogP contribution in [-0.2, 0) is 17.8 Å². The fourth-order valence-corrected chi connectivity index (χ4v) is 5.12.